The van der Waals surface area contributed by atoms with Crippen LogP contribution in [-0.4, -0.2) is 9.55 Å². The summed E-state index contributed by atoms with van der Waals surface area (Å²) in [5.74, 6) is 0. The lowest BCUT2D eigenvalue weighted by Crippen LogP contribution is -2.38. The van der Waals surface area contributed by atoms with Crippen LogP contribution in [-0.2, 0) is 45.1 Å². The normalized spacial score (nSPS) is 19.1. The van der Waals surface area contributed by atoms with E-state index < -0.39 is 16.4 Å². The lowest BCUT2D eigenvalue weighted by atomic mass is 9.64. The van der Waals surface area contributed by atoms with E-state index in [9.17, 15) is 0 Å². The lowest BCUT2D eigenvalue weighted by Gasteiger charge is -2.38. The maximum atomic E-state index is 5.50. The van der Waals surface area contributed by atoms with E-state index in [0.29, 0.717) is 0 Å². The molecule has 0 saturated heterocycles. The number of hydrogen-bond donors (Lipinski definition) is 0. The van der Waals surface area contributed by atoms with Gasteiger partial charge in [0, 0.05) is 22.9 Å². The third-order valence-corrected chi connectivity index (χ3v) is 18.2. The highest BCUT2D eigenvalue weighted by Crippen LogP contribution is 2.62. The van der Waals surface area contributed by atoms with Gasteiger partial charge in [-0.3, -0.25) is 4.98 Å². The maximum Gasteiger partial charge on any atom is 0.204 e. The molecule has 3 atom stereocenters. The van der Waals surface area contributed by atoms with Crippen molar-refractivity contribution < 1.29 is 4.57 Å². The van der Waals surface area contributed by atoms with Crippen LogP contribution in [0.3, 0.4) is 0 Å². The molecule has 0 bridgehead atoms. The molecule has 2 aromatic heterocycles. The zero-order chi connectivity index (χ0) is 55.2. The van der Waals surface area contributed by atoms with Crippen LogP contribution in [0, 0.1) is 6.33 Å². The standard InChI is InChI=1S/C76H73N3/c1-70(2,3)49-32-35-65-60(44-49)57-26-14-17-29-63(57)74(65,54-23-21-25-56(43-54)76(79-41-40-78(13)48-79)67-31-19-16-28-59(67)62-46-51(72(7,8)9)34-37-68(62)76)53-22-20-24-55(42-53)75(69-47-52(38-39-77-69)73(10,11)12)64-30-18-15-27-58(64)61-45-50(71(4,5)6)33-36-66(61)75/h14-47H,1-13H3. The van der Waals surface area contributed by atoms with Crippen molar-refractivity contribution in [2.75, 3.05) is 0 Å². The summed E-state index contributed by atoms with van der Waals surface area (Å²) >= 11 is 0. The monoisotopic (exact) mass is 1030 g/mol. The van der Waals surface area contributed by atoms with Gasteiger partial charge < -0.3 is 9.13 Å². The Morgan fingerprint density at radius 1 is 0.367 bits per heavy atom. The zero-order valence-corrected chi connectivity index (χ0v) is 48.5. The summed E-state index contributed by atoms with van der Waals surface area (Å²) in [6, 6.07) is 73.4. The van der Waals surface area contributed by atoms with Crippen LogP contribution < -0.4 is 4.57 Å². The minimum absolute atomic E-state index is 0.0275. The van der Waals surface area contributed by atoms with E-state index >= 15 is 0 Å². The molecule has 0 saturated carbocycles. The Morgan fingerprint density at radius 2 is 0.747 bits per heavy atom. The first-order chi connectivity index (χ1) is 37.6. The highest BCUT2D eigenvalue weighted by molar-refractivity contribution is 5.90. The maximum absolute atomic E-state index is 5.50. The minimum atomic E-state index is -0.753. The van der Waals surface area contributed by atoms with E-state index in [-0.39, 0.29) is 21.7 Å². The van der Waals surface area contributed by atoms with Gasteiger partial charge in [-0.15, -0.1) is 0 Å². The van der Waals surface area contributed by atoms with Gasteiger partial charge >= 0.3 is 0 Å². The molecule has 3 heteroatoms. The number of aromatic nitrogens is 3. The molecule has 3 aliphatic rings. The fourth-order valence-corrected chi connectivity index (χ4v) is 14.1. The first-order valence-corrected chi connectivity index (χ1v) is 28.5. The van der Waals surface area contributed by atoms with E-state index in [4.69, 9.17) is 4.98 Å². The second kappa shape index (κ2) is 17.3. The number of hydrogen-bond acceptors (Lipinski definition) is 1. The van der Waals surface area contributed by atoms with Crippen LogP contribution in [0.1, 0.15) is 167 Å². The number of pyridine rings is 1. The molecule has 0 N–H and O–H groups in total. The third-order valence-electron chi connectivity index (χ3n) is 18.2. The molecular weight excluding hydrogens is 955 g/mol. The average molecular weight is 1030 g/mol. The molecular formula is C76H73N3. The van der Waals surface area contributed by atoms with Gasteiger partial charge in [0.15, 0.2) is 5.54 Å². The van der Waals surface area contributed by atoms with Crippen molar-refractivity contribution in [2.45, 2.75) is 121 Å². The van der Waals surface area contributed by atoms with E-state index in [1.807, 2.05) is 0 Å². The van der Waals surface area contributed by atoms with Crippen molar-refractivity contribution in [1.82, 2.24) is 9.55 Å². The molecule has 0 spiro atoms. The molecule has 392 valence electrons. The van der Waals surface area contributed by atoms with Gasteiger partial charge in [0.05, 0.1) is 23.6 Å². The molecule has 3 aliphatic carbocycles. The summed E-state index contributed by atoms with van der Waals surface area (Å²) in [5, 5.41) is 0. The smallest absolute Gasteiger partial charge is 0.204 e. The fraction of sp³-hybridized carbons (Fsp3) is 0.263. The van der Waals surface area contributed by atoms with Crippen LogP contribution >= 0.6 is 0 Å². The van der Waals surface area contributed by atoms with Crippen LogP contribution in [0.5, 0.6) is 0 Å². The van der Waals surface area contributed by atoms with Crippen molar-refractivity contribution in [3.8, 4) is 33.4 Å². The van der Waals surface area contributed by atoms with Crippen LogP contribution in [0.2, 0.25) is 0 Å². The molecule has 0 fully saturated rings. The Morgan fingerprint density at radius 3 is 1.25 bits per heavy atom. The van der Waals surface area contributed by atoms with Gasteiger partial charge in [-0.05, 0) is 147 Å². The topological polar surface area (TPSA) is 21.7 Å². The Bertz CT molecular complexity index is 4100. The lowest BCUT2D eigenvalue weighted by molar-refractivity contribution is -0.675. The molecule has 3 unspecified atom stereocenters. The molecule has 0 radical (unpaired) electrons. The number of fused-ring (bicyclic) bond motifs is 9. The van der Waals surface area contributed by atoms with Gasteiger partial charge in [-0.1, -0.05) is 253 Å². The van der Waals surface area contributed by atoms with Crippen molar-refractivity contribution in [3.05, 3.63) is 297 Å². The van der Waals surface area contributed by atoms with E-state index in [0.717, 1.165) is 5.69 Å². The molecule has 8 aromatic carbocycles. The first kappa shape index (κ1) is 50.6. The number of aryl methyl sites for hydroxylation is 1. The second-order valence-electron chi connectivity index (χ2n) is 27.1. The number of rotatable bonds is 6. The van der Waals surface area contributed by atoms with Crippen molar-refractivity contribution >= 4 is 0 Å². The van der Waals surface area contributed by atoms with Crippen molar-refractivity contribution in [1.29, 1.82) is 0 Å². The van der Waals surface area contributed by atoms with Crippen LogP contribution in [0.25, 0.3) is 33.4 Å². The Kier molecular flexibility index (Phi) is 11.1. The number of imidazole rings is 1. The third kappa shape index (κ3) is 7.30. The molecule has 79 heavy (non-hydrogen) atoms. The summed E-state index contributed by atoms with van der Waals surface area (Å²) in [6.07, 6.45) is 10.2. The van der Waals surface area contributed by atoms with Gasteiger partial charge in [0.1, 0.15) is 0 Å². The van der Waals surface area contributed by atoms with E-state index in [1.165, 1.54) is 111 Å². The van der Waals surface area contributed by atoms with Gasteiger partial charge in [-0.2, -0.15) is 0 Å². The molecule has 10 aromatic rings. The Labute approximate surface area is 469 Å². The Hall–Kier alpha value is -7.88. The van der Waals surface area contributed by atoms with Crippen molar-refractivity contribution in [3.63, 3.8) is 0 Å². The average Bonchev–Trinajstić information content (AvgIpc) is 2.76. The van der Waals surface area contributed by atoms with E-state index in [2.05, 4.69) is 312 Å². The van der Waals surface area contributed by atoms with Gasteiger partial charge in [0.2, 0.25) is 6.33 Å². The Balaban J connectivity index is 1.15. The quantitative estimate of drug-likeness (QED) is 0.120. The van der Waals surface area contributed by atoms with Gasteiger partial charge in [-0.25, -0.2) is 0 Å². The molecule has 0 aliphatic heterocycles. The number of benzene rings is 8. The summed E-state index contributed by atoms with van der Waals surface area (Å²) < 4.78 is 4.40. The predicted octanol–water partition coefficient (Wildman–Crippen LogP) is 17.2. The number of nitrogens with zero attached hydrogens (tertiary/aromatic N) is 3. The summed E-state index contributed by atoms with van der Waals surface area (Å²) in [7, 11) is 2.08. The van der Waals surface area contributed by atoms with Crippen molar-refractivity contribution in [2.24, 2.45) is 7.05 Å². The highest BCUT2D eigenvalue weighted by atomic mass is 15.2. The summed E-state index contributed by atoms with van der Waals surface area (Å²) in [4.78, 5) is 5.50. The molecule has 0 amide bonds. The largest absolute Gasteiger partial charge is 0.354 e. The SMILES string of the molecule is C[n+]1[c-]n(C2(c3cccc(C4(c5cccc(C6(c7cc(C(C)(C)C)ccn7)c7ccccc7-c7cc(C(C)(C)C)ccc76)c5)c5ccccc5-c5cc(C(C)(C)C)ccc54)c3)c3ccccc3-c3cc(C(C)(C)C)ccc32)cc1. The second-order valence-corrected chi connectivity index (χ2v) is 27.1. The van der Waals surface area contributed by atoms with Crippen LogP contribution in [0.4, 0.5) is 0 Å². The summed E-state index contributed by atoms with van der Waals surface area (Å²) in [5.41, 5.74) is 23.8. The van der Waals surface area contributed by atoms with Crippen LogP contribution in [0.15, 0.2) is 207 Å². The highest BCUT2D eigenvalue weighted by Gasteiger charge is 2.53. The predicted molar refractivity (Wildman–Crippen MR) is 325 cm³/mol. The molecule has 2 heterocycles. The summed E-state index contributed by atoms with van der Waals surface area (Å²) in [6.45, 7) is 27.9. The fourth-order valence-electron chi connectivity index (χ4n) is 14.1. The van der Waals surface area contributed by atoms with Gasteiger partial charge in [0.25, 0.3) is 0 Å². The zero-order valence-electron chi connectivity index (χ0n) is 48.5. The molecule has 13 rings (SSSR count). The molecule has 3 nitrogen and oxygen atoms in total. The first-order valence-electron chi connectivity index (χ1n) is 28.5. The minimum Gasteiger partial charge on any atom is -0.354 e. The van der Waals surface area contributed by atoms with E-state index in [1.54, 1.807) is 0 Å².